The maximum absolute atomic E-state index is 11.7. The van der Waals surface area contributed by atoms with Crippen LogP contribution in [0.15, 0.2) is 37.2 Å². The summed E-state index contributed by atoms with van der Waals surface area (Å²) in [7, 11) is 0. The SMILES string of the molecule is CC=C(C)C(=O)Nc1c(Br)cc(Br)cc1Br. The van der Waals surface area contributed by atoms with E-state index in [1.165, 1.54) is 0 Å². The molecule has 0 heterocycles. The smallest absolute Gasteiger partial charge is 0.251 e. The predicted octanol–water partition coefficient (Wildman–Crippen LogP) is 4.88. The molecule has 0 atom stereocenters. The van der Waals surface area contributed by atoms with Gasteiger partial charge in [0.2, 0.25) is 0 Å². The van der Waals surface area contributed by atoms with E-state index in [-0.39, 0.29) is 5.91 Å². The van der Waals surface area contributed by atoms with Crippen LogP contribution in [0.1, 0.15) is 13.8 Å². The summed E-state index contributed by atoms with van der Waals surface area (Å²) in [5.41, 5.74) is 1.41. The van der Waals surface area contributed by atoms with Crippen LogP contribution in [0.25, 0.3) is 0 Å². The summed E-state index contributed by atoms with van der Waals surface area (Å²) in [6, 6.07) is 3.76. The van der Waals surface area contributed by atoms with Gasteiger partial charge in [-0.2, -0.15) is 0 Å². The van der Waals surface area contributed by atoms with Crippen LogP contribution in [-0.4, -0.2) is 5.91 Å². The van der Waals surface area contributed by atoms with Crippen LogP contribution >= 0.6 is 47.8 Å². The summed E-state index contributed by atoms with van der Waals surface area (Å²) < 4.78 is 2.59. The molecule has 0 spiro atoms. The van der Waals surface area contributed by atoms with Gasteiger partial charge in [-0.15, -0.1) is 0 Å². The van der Waals surface area contributed by atoms with Gasteiger partial charge in [-0.3, -0.25) is 4.79 Å². The molecule has 1 aromatic carbocycles. The zero-order valence-corrected chi connectivity index (χ0v) is 13.5. The Hall–Kier alpha value is -0.130. The summed E-state index contributed by atoms with van der Waals surface area (Å²) in [5.74, 6) is -0.105. The van der Waals surface area contributed by atoms with Gasteiger partial charge in [-0.05, 0) is 57.8 Å². The Bertz CT molecular complexity index is 432. The first-order chi connectivity index (χ1) is 7.45. The molecule has 1 amide bonds. The minimum atomic E-state index is -0.105. The van der Waals surface area contributed by atoms with E-state index in [1.807, 2.05) is 19.1 Å². The Morgan fingerprint density at radius 2 is 1.75 bits per heavy atom. The third-order valence-corrected chi connectivity index (χ3v) is 3.75. The monoisotopic (exact) mass is 409 g/mol. The second kappa shape index (κ2) is 5.98. The number of carbonyl (C=O) groups excluding carboxylic acids is 1. The largest absolute Gasteiger partial charge is 0.320 e. The Kier molecular flexibility index (Phi) is 5.21. The molecule has 5 heteroatoms. The Morgan fingerprint density at radius 3 is 2.19 bits per heavy atom. The number of rotatable bonds is 2. The molecular weight excluding hydrogens is 402 g/mol. The van der Waals surface area contributed by atoms with Crippen molar-refractivity contribution in [3.8, 4) is 0 Å². The average molecular weight is 412 g/mol. The van der Waals surface area contributed by atoms with E-state index < -0.39 is 0 Å². The number of amides is 1. The normalized spacial score (nSPS) is 11.4. The van der Waals surface area contributed by atoms with Gasteiger partial charge in [-0.25, -0.2) is 0 Å². The first-order valence-electron chi connectivity index (χ1n) is 4.54. The molecule has 86 valence electrons. The highest BCUT2D eigenvalue weighted by atomic mass is 79.9. The van der Waals surface area contributed by atoms with Crippen LogP contribution in [0.5, 0.6) is 0 Å². The molecule has 1 N–H and O–H groups in total. The second-order valence-corrected chi connectivity index (χ2v) is 5.79. The number of hydrogen-bond acceptors (Lipinski definition) is 1. The van der Waals surface area contributed by atoms with Crippen LogP contribution < -0.4 is 5.32 Å². The lowest BCUT2D eigenvalue weighted by atomic mass is 10.2. The third-order valence-electron chi connectivity index (χ3n) is 2.04. The molecule has 0 fully saturated rings. The molecule has 0 unspecified atom stereocenters. The van der Waals surface area contributed by atoms with Crippen molar-refractivity contribution in [2.75, 3.05) is 5.32 Å². The molecule has 0 aliphatic carbocycles. The topological polar surface area (TPSA) is 29.1 Å². The molecule has 0 bridgehead atoms. The maximum Gasteiger partial charge on any atom is 0.251 e. The van der Waals surface area contributed by atoms with Crippen LogP contribution in [0, 0.1) is 0 Å². The minimum Gasteiger partial charge on any atom is -0.320 e. The fourth-order valence-corrected chi connectivity index (χ4v) is 3.46. The fraction of sp³-hybridized carbons (Fsp3) is 0.182. The molecule has 16 heavy (non-hydrogen) atoms. The van der Waals surface area contributed by atoms with E-state index >= 15 is 0 Å². The molecule has 1 rings (SSSR count). The Balaban J connectivity index is 3.03. The van der Waals surface area contributed by atoms with Crippen LogP contribution in [0.3, 0.4) is 0 Å². The third kappa shape index (κ3) is 3.43. The first kappa shape index (κ1) is 13.9. The molecule has 0 aliphatic heterocycles. The van der Waals surface area contributed by atoms with E-state index in [1.54, 1.807) is 13.0 Å². The average Bonchev–Trinajstić information content (AvgIpc) is 2.21. The van der Waals surface area contributed by atoms with Gasteiger partial charge >= 0.3 is 0 Å². The number of carbonyl (C=O) groups is 1. The van der Waals surface area contributed by atoms with Crippen molar-refractivity contribution in [1.82, 2.24) is 0 Å². The summed E-state index contributed by atoms with van der Waals surface area (Å²) in [6.07, 6.45) is 1.77. The van der Waals surface area contributed by atoms with Gasteiger partial charge in [0.1, 0.15) is 0 Å². The van der Waals surface area contributed by atoms with Gasteiger partial charge in [0.25, 0.3) is 5.91 Å². The van der Waals surface area contributed by atoms with Crippen molar-refractivity contribution in [2.45, 2.75) is 13.8 Å². The zero-order chi connectivity index (χ0) is 12.3. The molecular formula is C11H10Br3NO. The Labute approximate surface area is 120 Å². The first-order valence-corrected chi connectivity index (χ1v) is 6.92. The van der Waals surface area contributed by atoms with Crippen molar-refractivity contribution in [3.05, 3.63) is 37.2 Å². The lowest BCUT2D eigenvalue weighted by Gasteiger charge is -2.10. The highest BCUT2D eigenvalue weighted by Gasteiger charge is 2.11. The number of anilines is 1. The van der Waals surface area contributed by atoms with Crippen molar-refractivity contribution < 1.29 is 4.79 Å². The summed E-state index contributed by atoms with van der Waals surface area (Å²) >= 11 is 10.2. The highest BCUT2D eigenvalue weighted by molar-refractivity contribution is 9.11. The van der Waals surface area contributed by atoms with Crippen LogP contribution in [0.4, 0.5) is 5.69 Å². The second-order valence-electron chi connectivity index (χ2n) is 3.17. The van der Waals surface area contributed by atoms with Gasteiger partial charge in [-0.1, -0.05) is 22.0 Å². The standard InChI is InChI=1S/C11H10Br3NO/c1-3-6(2)11(16)15-10-8(13)4-7(12)5-9(10)14/h3-5H,1-2H3,(H,15,16). The number of allylic oxidation sites excluding steroid dienone is 1. The number of halogens is 3. The van der Waals surface area contributed by atoms with E-state index in [0.717, 1.165) is 19.1 Å². The molecule has 1 aromatic rings. The molecule has 0 aliphatic rings. The summed E-state index contributed by atoms with van der Waals surface area (Å²) in [6.45, 7) is 3.61. The van der Waals surface area contributed by atoms with Crippen molar-refractivity contribution in [2.24, 2.45) is 0 Å². The lowest BCUT2D eigenvalue weighted by Crippen LogP contribution is -2.13. The van der Waals surface area contributed by atoms with E-state index in [9.17, 15) is 4.79 Å². The maximum atomic E-state index is 11.7. The van der Waals surface area contributed by atoms with Gasteiger partial charge in [0, 0.05) is 19.0 Å². The lowest BCUT2D eigenvalue weighted by molar-refractivity contribution is -0.112. The van der Waals surface area contributed by atoms with Gasteiger partial charge < -0.3 is 5.32 Å². The summed E-state index contributed by atoms with van der Waals surface area (Å²) in [5, 5.41) is 2.83. The molecule has 0 saturated carbocycles. The molecule has 0 aromatic heterocycles. The van der Waals surface area contributed by atoms with E-state index in [4.69, 9.17) is 0 Å². The predicted molar refractivity (Wildman–Crippen MR) is 77.6 cm³/mol. The molecule has 0 saturated heterocycles. The fourth-order valence-electron chi connectivity index (χ4n) is 1.00. The van der Waals surface area contributed by atoms with Crippen molar-refractivity contribution in [3.63, 3.8) is 0 Å². The van der Waals surface area contributed by atoms with E-state index in [0.29, 0.717) is 5.57 Å². The quantitative estimate of drug-likeness (QED) is 0.690. The zero-order valence-electron chi connectivity index (χ0n) is 8.77. The Morgan fingerprint density at radius 1 is 1.25 bits per heavy atom. The van der Waals surface area contributed by atoms with Crippen LogP contribution in [-0.2, 0) is 4.79 Å². The minimum absolute atomic E-state index is 0.105. The van der Waals surface area contributed by atoms with Crippen molar-refractivity contribution >= 4 is 59.4 Å². The van der Waals surface area contributed by atoms with Crippen LogP contribution in [0.2, 0.25) is 0 Å². The van der Waals surface area contributed by atoms with Gasteiger partial charge in [0.15, 0.2) is 0 Å². The van der Waals surface area contributed by atoms with Gasteiger partial charge in [0.05, 0.1) is 5.69 Å². The summed E-state index contributed by atoms with van der Waals surface area (Å²) in [4.78, 5) is 11.7. The number of nitrogens with one attached hydrogen (secondary N) is 1. The number of hydrogen-bond donors (Lipinski definition) is 1. The highest BCUT2D eigenvalue weighted by Crippen LogP contribution is 2.34. The molecule has 0 radical (unpaired) electrons. The number of benzene rings is 1. The molecule has 2 nitrogen and oxygen atoms in total. The van der Waals surface area contributed by atoms with Crippen molar-refractivity contribution in [1.29, 1.82) is 0 Å². The van der Waals surface area contributed by atoms with E-state index in [2.05, 4.69) is 53.1 Å².